The predicted molar refractivity (Wildman–Crippen MR) is 104 cm³/mol. The van der Waals surface area contributed by atoms with Gasteiger partial charge in [0.2, 0.25) is 15.9 Å². The molecule has 0 radical (unpaired) electrons. The van der Waals surface area contributed by atoms with Crippen molar-refractivity contribution in [3.05, 3.63) is 65.0 Å². The number of nitrogens with one attached hydrogen (secondary N) is 1. The van der Waals surface area contributed by atoms with Crippen LogP contribution in [-0.4, -0.2) is 27.1 Å². The Bertz CT molecular complexity index is 959. The standard InChI is InChI=1S/C20H23FN2O3S/c1-14(16-10-9-15-5-3-6-17(15)11-16)22-20(24)13-23(27(2,25)26)19-8-4-7-18(21)12-19/h4,7-12,14H,3,5-6,13H2,1-2H3,(H,22,24)/t14-/m0/s1. The second kappa shape index (κ2) is 7.68. The summed E-state index contributed by atoms with van der Waals surface area (Å²) in [5.41, 5.74) is 3.77. The summed E-state index contributed by atoms with van der Waals surface area (Å²) in [6.45, 7) is 1.46. The van der Waals surface area contributed by atoms with Crippen LogP contribution < -0.4 is 9.62 Å². The summed E-state index contributed by atoms with van der Waals surface area (Å²) in [6.07, 6.45) is 4.28. The fourth-order valence-corrected chi connectivity index (χ4v) is 4.24. The molecule has 27 heavy (non-hydrogen) atoms. The van der Waals surface area contributed by atoms with Gasteiger partial charge in [-0.15, -0.1) is 0 Å². The number of carbonyl (C=O) groups excluding carboxylic acids is 1. The van der Waals surface area contributed by atoms with Crippen molar-refractivity contribution in [2.75, 3.05) is 17.1 Å². The van der Waals surface area contributed by atoms with E-state index in [2.05, 4.69) is 17.4 Å². The lowest BCUT2D eigenvalue weighted by molar-refractivity contribution is -0.120. The second-order valence-electron chi connectivity index (χ2n) is 6.92. The van der Waals surface area contributed by atoms with Gasteiger partial charge in [0.15, 0.2) is 0 Å². The van der Waals surface area contributed by atoms with Crippen molar-refractivity contribution in [2.45, 2.75) is 32.2 Å². The summed E-state index contributed by atoms with van der Waals surface area (Å²) in [7, 11) is -3.73. The summed E-state index contributed by atoms with van der Waals surface area (Å²) in [6, 6.07) is 11.1. The van der Waals surface area contributed by atoms with E-state index in [1.807, 2.05) is 13.0 Å². The molecule has 1 amide bonds. The molecule has 0 spiro atoms. The zero-order valence-electron chi connectivity index (χ0n) is 15.4. The minimum absolute atomic E-state index is 0.123. The highest BCUT2D eigenvalue weighted by molar-refractivity contribution is 7.92. The third-order valence-electron chi connectivity index (χ3n) is 4.78. The smallest absolute Gasteiger partial charge is 0.241 e. The third kappa shape index (κ3) is 4.66. The van der Waals surface area contributed by atoms with Gasteiger partial charge in [-0.3, -0.25) is 9.10 Å². The lowest BCUT2D eigenvalue weighted by Gasteiger charge is -2.23. The van der Waals surface area contributed by atoms with Crippen LogP contribution in [0, 0.1) is 5.82 Å². The Kier molecular flexibility index (Phi) is 5.51. The lowest BCUT2D eigenvalue weighted by Crippen LogP contribution is -2.41. The number of sulfonamides is 1. The van der Waals surface area contributed by atoms with Crippen molar-refractivity contribution in [1.82, 2.24) is 5.32 Å². The molecule has 0 fully saturated rings. The maximum absolute atomic E-state index is 13.5. The van der Waals surface area contributed by atoms with Gasteiger partial charge in [0.25, 0.3) is 0 Å². The van der Waals surface area contributed by atoms with Crippen molar-refractivity contribution < 1.29 is 17.6 Å². The lowest BCUT2D eigenvalue weighted by atomic mass is 10.0. The van der Waals surface area contributed by atoms with E-state index in [4.69, 9.17) is 0 Å². The highest BCUT2D eigenvalue weighted by Crippen LogP contribution is 2.25. The quantitative estimate of drug-likeness (QED) is 0.825. The highest BCUT2D eigenvalue weighted by atomic mass is 32.2. The van der Waals surface area contributed by atoms with E-state index in [9.17, 15) is 17.6 Å². The third-order valence-corrected chi connectivity index (χ3v) is 5.92. The Hall–Kier alpha value is -2.41. The van der Waals surface area contributed by atoms with Gasteiger partial charge in [0.05, 0.1) is 18.0 Å². The normalized spacial score (nSPS) is 14.5. The molecular formula is C20H23FN2O3S. The number of carbonyl (C=O) groups is 1. The van der Waals surface area contributed by atoms with E-state index in [-0.39, 0.29) is 11.7 Å². The maximum atomic E-state index is 13.5. The van der Waals surface area contributed by atoms with E-state index in [1.165, 1.54) is 29.3 Å². The van der Waals surface area contributed by atoms with Crippen molar-refractivity contribution in [3.63, 3.8) is 0 Å². The van der Waals surface area contributed by atoms with Crippen LogP contribution in [0.15, 0.2) is 42.5 Å². The highest BCUT2D eigenvalue weighted by Gasteiger charge is 2.22. The van der Waals surface area contributed by atoms with Crippen molar-refractivity contribution in [1.29, 1.82) is 0 Å². The van der Waals surface area contributed by atoms with Crippen LogP contribution in [0.25, 0.3) is 0 Å². The summed E-state index contributed by atoms with van der Waals surface area (Å²) in [4.78, 5) is 12.5. The number of nitrogens with zero attached hydrogens (tertiary/aromatic N) is 1. The average molecular weight is 390 g/mol. The van der Waals surface area contributed by atoms with Crippen LogP contribution in [-0.2, 0) is 27.7 Å². The monoisotopic (exact) mass is 390 g/mol. The van der Waals surface area contributed by atoms with Gasteiger partial charge >= 0.3 is 0 Å². The molecule has 144 valence electrons. The summed E-state index contributed by atoms with van der Waals surface area (Å²) >= 11 is 0. The van der Waals surface area contributed by atoms with Crippen LogP contribution in [0.1, 0.15) is 36.1 Å². The first kappa shape index (κ1) is 19.4. The molecule has 3 rings (SSSR count). The Morgan fingerprint density at radius 1 is 1.19 bits per heavy atom. The van der Waals surface area contributed by atoms with Crippen LogP contribution in [0.2, 0.25) is 0 Å². The fraction of sp³-hybridized carbons (Fsp3) is 0.350. The number of hydrogen-bond donors (Lipinski definition) is 1. The molecule has 2 aromatic carbocycles. The van der Waals surface area contributed by atoms with Gasteiger partial charge in [0.1, 0.15) is 12.4 Å². The molecule has 0 bridgehead atoms. The fourth-order valence-electron chi connectivity index (χ4n) is 3.39. The van der Waals surface area contributed by atoms with Gasteiger partial charge in [-0.05, 0) is 61.1 Å². The minimum Gasteiger partial charge on any atom is -0.348 e. The van der Waals surface area contributed by atoms with E-state index in [0.29, 0.717) is 0 Å². The Morgan fingerprint density at radius 2 is 1.93 bits per heavy atom. The SMILES string of the molecule is C[C@H](NC(=O)CN(c1cccc(F)c1)S(C)(=O)=O)c1ccc2c(c1)CCC2. The van der Waals surface area contributed by atoms with E-state index < -0.39 is 28.3 Å². The topological polar surface area (TPSA) is 66.5 Å². The number of fused-ring (bicyclic) bond motifs is 1. The molecule has 1 N–H and O–H groups in total. The second-order valence-corrected chi connectivity index (χ2v) is 8.83. The Morgan fingerprint density at radius 3 is 2.63 bits per heavy atom. The van der Waals surface area contributed by atoms with Gasteiger partial charge < -0.3 is 5.32 Å². The van der Waals surface area contributed by atoms with Crippen molar-refractivity contribution in [3.8, 4) is 0 Å². The number of hydrogen-bond acceptors (Lipinski definition) is 3. The number of anilines is 1. The van der Waals surface area contributed by atoms with Crippen LogP contribution in [0.4, 0.5) is 10.1 Å². The molecule has 0 unspecified atom stereocenters. The van der Waals surface area contributed by atoms with Gasteiger partial charge in [-0.25, -0.2) is 12.8 Å². The van der Waals surface area contributed by atoms with Crippen molar-refractivity contribution >= 4 is 21.6 Å². The van der Waals surface area contributed by atoms with Crippen LogP contribution in [0.5, 0.6) is 0 Å². The van der Waals surface area contributed by atoms with E-state index in [0.717, 1.165) is 41.5 Å². The van der Waals surface area contributed by atoms with Crippen LogP contribution >= 0.6 is 0 Å². The average Bonchev–Trinajstić information content (AvgIpc) is 3.06. The zero-order chi connectivity index (χ0) is 19.6. The molecule has 1 atom stereocenters. The Balaban J connectivity index is 1.72. The number of halogens is 1. The minimum atomic E-state index is -3.73. The van der Waals surface area contributed by atoms with Crippen molar-refractivity contribution in [2.24, 2.45) is 0 Å². The summed E-state index contributed by atoms with van der Waals surface area (Å²) in [5, 5.41) is 2.84. The first-order valence-corrected chi connectivity index (χ1v) is 10.7. The molecular weight excluding hydrogens is 367 g/mol. The molecule has 0 aliphatic heterocycles. The molecule has 0 saturated carbocycles. The molecule has 1 aliphatic rings. The number of benzene rings is 2. The summed E-state index contributed by atoms with van der Waals surface area (Å²) in [5.74, 6) is -1.01. The summed E-state index contributed by atoms with van der Waals surface area (Å²) < 4.78 is 38.5. The largest absolute Gasteiger partial charge is 0.348 e. The maximum Gasteiger partial charge on any atom is 0.241 e. The number of amides is 1. The zero-order valence-corrected chi connectivity index (χ0v) is 16.2. The van der Waals surface area contributed by atoms with Gasteiger partial charge in [-0.2, -0.15) is 0 Å². The first-order valence-electron chi connectivity index (χ1n) is 8.88. The molecule has 0 aromatic heterocycles. The Labute approximate surface area is 159 Å². The molecule has 0 saturated heterocycles. The number of rotatable bonds is 6. The molecule has 0 heterocycles. The van der Waals surface area contributed by atoms with Crippen LogP contribution in [0.3, 0.4) is 0 Å². The van der Waals surface area contributed by atoms with E-state index >= 15 is 0 Å². The van der Waals surface area contributed by atoms with E-state index in [1.54, 1.807) is 0 Å². The van der Waals surface area contributed by atoms with Gasteiger partial charge in [-0.1, -0.05) is 24.3 Å². The number of aryl methyl sites for hydroxylation is 2. The molecule has 7 heteroatoms. The molecule has 1 aliphatic carbocycles. The molecule has 5 nitrogen and oxygen atoms in total. The molecule has 2 aromatic rings. The first-order chi connectivity index (χ1) is 12.7. The van der Waals surface area contributed by atoms with Gasteiger partial charge in [0, 0.05) is 0 Å². The predicted octanol–water partition coefficient (Wildman–Crippen LogP) is 2.96.